The van der Waals surface area contributed by atoms with Gasteiger partial charge >= 0.3 is 0 Å². The van der Waals surface area contributed by atoms with Gasteiger partial charge in [-0.3, -0.25) is 4.68 Å². The Labute approximate surface area is 124 Å². The van der Waals surface area contributed by atoms with Crippen LogP contribution in [0.25, 0.3) is 0 Å². The number of fused-ring (bicyclic) bond motifs is 1. The molecule has 0 bridgehead atoms. The average molecular weight is 284 g/mol. The molecule has 1 fully saturated rings. The highest BCUT2D eigenvalue weighted by Gasteiger charge is 2.26. The molecule has 6 nitrogen and oxygen atoms in total. The van der Waals surface area contributed by atoms with Crippen molar-refractivity contribution in [3.63, 3.8) is 0 Å². The molecule has 4 rings (SSSR count). The number of hydrogen-bond acceptors (Lipinski definition) is 5. The van der Waals surface area contributed by atoms with Gasteiger partial charge in [0, 0.05) is 30.9 Å². The van der Waals surface area contributed by atoms with Gasteiger partial charge < -0.3 is 4.90 Å². The second-order valence-corrected chi connectivity index (χ2v) is 6.05. The Morgan fingerprint density at radius 2 is 2.14 bits per heavy atom. The molecule has 6 heteroatoms. The third-order valence-electron chi connectivity index (χ3n) is 4.58. The van der Waals surface area contributed by atoms with Crippen LogP contribution in [0.1, 0.15) is 30.5 Å². The van der Waals surface area contributed by atoms with Crippen LogP contribution in [0.4, 0.5) is 5.82 Å². The minimum Gasteiger partial charge on any atom is -0.356 e. The molecule has 1 aliphatic heterocycles. The topological polar surface area (TPSA) is 59.7 Å². The molecule has 0 unspecified atom stereocenters. The Kier molecular flexibility index (Phi) is 3.29. The first kappa shape index (κ1) is 12.7. The van der Waals surface area contributed by atoms with Crippen LogP contribution in [0.15, 0.2) is 19.0 Å². The van der Waals surface area contributed by atoms with Gasteiger partial charge in [-0.15, -0.1) is 0 Å². The van der Waals surface area contributed by atoms with Gasteiger partial charge in [0.1, 0.15) is 24.8 Å². The fourth-order valence-electron chi connectivity index (χ4n) is 3.61. The Balaban J connectivity index is 1.52. The van der Waals surface area contributed by atoms with Crippen LogP contribution in [0.5, 0.6) is 0 Å². The first-order valence-corrected chi connectivity index (χ1v) is 7.80. The molecular formula is C15H20N6. The molecule has 110 valence electrons. The SMILES string of the molecule is c1nc2c(c(N3CCC[C@H](Cn4cncn4)C3)n1)CCC2. The lowest BCUT2D eigenvalue weighted by atomic mass is 9.97. The smallest absolute Gasteiger partial charge is 0.137 e. The second kappa shape index (κ2) is 5.42. The van der Waals surface area contributed by atoms with Gasteiger partial charge in [0.2, 0.25) is 0 Å². The largest absolute Gasteiger partial charge is 0.356 e. The van der Waals surface area contributed by atoms with Crippen LogP contribution in [0.2, 0.25) is 0 Å². The van der Waals surface area contributed by atoms with E-state index in [1.807, 2.05) is 4.68 Å². The summed E-state index contributed by atoms with van der Waals surface area (Å²) in [5.74, 6) is 1.80. The van der Waals surface area contributed by atoms with Crippen molar-refractivity contribution in [2.75, 3.05) is 18.0 Å². The van der Waals surface area contributed by atoms with Crippen molar-refractivity contribution in [2.45, 2.75) is 38.6 Å². The van der Waals surface area contributed by atoms with Crippen molar-refractivity contribution < 1.29 is 0 Å². The molecule has 2 aromatic rings. The van der Waals surface area contributed by atoms with E-state index in [-0.39, 0.29) is 0 Å². The maximum Gasteiger partial charge on any atom is 0.137 e. The monoisotopic (exact) mass is 284 g/mol. The number of piperidine rings is 1. The third kappa shape index (κ3) is 2.50. The molecule has 1 atom stereocenters. The molecule has 3 heterocycles. The van der Waals surface area contributed by atoms with Crippen LogP contribution in [-0.2, 0) is 19.4 Å². The van der Waals surface area contributed by atoms with Gasteiger partial charge in [-0.05, 0) is 38.0 Å². The van der Waals surface area contributed by atoms with Gasteiger partial charge in [-0.2, -0.15) is 5.10 Å². The van der Waals surface area contributed by atoms with E-state index < -0.39 is 0 Å². The summed E-state index contributed by atoms with van der Waals surface area (Å²) in [5, 5.41) is 4.23. The van der Waals surface area contributed by atoms with Gasteiger partial charge in [0.25, 0.3) is 0 Å². The zero-order chi connectivity index (χ0) is 14.1. The number of aryl methyl sites for hydroxylation is 1. The quantitative estimate of drug-likeness (QED) is 0.854. The van der Waals surface area contributed by atoms with Crippen LogP contribution >= 0.6 is 0 Å². The first-order chi connectivity index (χ1) is 10.4. The van der Waals surface area contributed by atoms with E-state index in [0.29, 0.717) is 5.92 Å². The van der Waals surface area contributed by atoms with Crippen molar-refractivity contribution in [3.05, 3.63) is 30.2 Å². The van der Waals surface area contributed by atoms with Crippen molar-refractivity contribution in [1.29, 1.82) is 0 Å². The summed E-state index contributed by atoms with van der Waals surface area (Å²) in [6.07, 6.45) is 11.1. The Morgan fingerprint density at radius 1 is 1.14 bits per heavy atom. The molecule has 2 aromatic heterocycles. The normalized spacial score (nSPS) is 21.5. The molecule has 1 saturated heterocycles. The molecule has 0 radical (unpaired) electrons. The molecule has 0 saturated carbocycles. The van der Waals surface area contributed by atoms with E-state index in [1.165, 1.54) is 36.3 Å². The van der Waals surface area contributed by atoms with Crippen molar-refractivity contribution in [1.82, 2.24) is 24.7 Å². The highest BCUT2D eigenvalue weighted by Crippen LogP contribution is 2.30. The van der Waals surface area contributed by atoms with Gasteiger partial charge in [-0.1, -0.05) is 0 Å². The molecule has 0 N–H and O–H groups in total. The van der Waals surface area contributed by atoms with Crippen molar-refractivity contribution >= 4 is 5.82 Å². The fourth-order valence-corrected chi connectivity index (χ4v) is 3.61. The zero-order valence-corrected chi connectivity index (χ0v) is 12.1. The van der Waals surface area contributed by atoms with E-state index in [2.05, 4.69) is 25.0 Å². The van der Waals surface area contributed by atoms with Crippen molar-refractivity contribution in [2.24, 2.45) is 5.92 Å². The minimum atomic E-state index is 0.618. The number of hydrogen-bond donors (Lipinski definition) is 0. The molecule has 0 spiro atoms. The predicted molar refractivity (Wildman–Crippen MR) is 79.0 cm³/mol. The highest BCUT2D eigenvalue weighted by molar-refractivity contribution is 5.50. The summed E-state index contributed by atoms with van der Waals surface area (Å²) in [6, 6.07) is 0. The molecule has 2 aliphatic rings. The van der Waals surface area contributed by atoms with E-state index in [1.54, 1.807) is 19.0 Å². The lowest BCUT2D eigenvalue weighted by molar-refractivity contribution is 0.350. The molecule has 0 amide bonds. The summed E-state index contributed by atoms with van der Waals surface area (Å²) in [5.41, 5.74) is 2.65. The third-order valence-corrected chi connectivity index (χ3v) is 4.58. The Hall–Kier alpha value is -1.98. The zero-order valence-electron chi connectivity index (χ0n) is 12.1. The van der Waals surface area contributed by atoms with E-state index in [0.717, 1.165) is 32.5 Å². The standard InChI is InChI=1S/C15H20N6/c1-4-13-14(5-1)17-10-18-15(13)20-6-2-3-12(7-20)8-21-11-16-9-19-21/h9-12H,1-8H2/t12-/m0/s1. The average Bonchev–Trinajstić information content (AvgIpc) is 3.18. The Bertz CT molecular complexity index is 609. The summed E-state index contributed by atoms with van der Waals surface area (Å²) in [6.45, 7) is 3.12. The predicted octanol–water partition coefficient (Wildman–Crippen LogP) is 1.47. The van der Waals surface area contributed by atoms with Crippen LogP contribution < -0.4 is 4.90 Å². The number of aromatic nitrogens is 5. The highest BCUT2D eigenvalue weighted by atomic mass is 15.3. The molecule has 21 heavy (non-hydrogen) atoms. The summed E-state index contributed by atoms with van der Waals surface area (Å²) in [7, 11) is 0. The minimum absolute atomic E-state index is 0.618. The maximum atomic E-state index is 4.59. The van der Waals surface area contributed by atoms with Crippen molar-refractivity contribution in [3.8, 4) is 0 Å². The Morgan fingerprint density at radius 3 is 3.05 bits per heavy atom. The summed E-state index contributed by atoms with van der Waals surface area (Å²) < 4.78 is 1.94. The number of anilines is 1. The van der Waals surface area contributed by atoms with Gasteiger partial charge in [-0.25, -0.2) is 15.0 Å². The van der Waals surface area contributed by atoms with E-state index >= 15 is 0 Å². The number of nitrogens with zero attached hydrogens (tertiary/aromatic N) is 6. The molecule has 1 aliphatic carbocycles. The first-order valence-electron chi connectivity index (χ1n) is 7.80. The second-order valence-electron chi connectivity index (χ2n) is 6.05. The summed E-state index contributed by atoms with van der Waals surface area (Å²) in [4.78, 5) is 15.5. The molecular weight excluding hydrogens is 264 g/mol. The van der Waals surface area contributed by atoms with E-state index in [9.17, 15) is 0 Å². The lowest BCUT2D eigenvalue weighted by Gasteiger charge is -2.34. The lowest BCUT2D eigenvalue weighted by Crippen LogP contribution is -2.38. The molecule has 0 aromatic carbocycles. The fraction of sp³-hybridized carbons (Fsp3) is 0.600. The van der Waals surface area contributed by atoms with Crippen LogP contribution in [-0.4, -0.2) is 37.8 Å². The van der Waals surface area contributed by atoms with Gasteiger partial charge in [0.05, 0.1) is 0 Å². The maximum absolute atomic E-state index is 4.59. The van der Waals surface area contributed by atoms with Crippen LogP contribution in [0, 0.1) is 5.92 Å². The van der Waals surface area contributed by atoms with Crippen LogP contribution in [0.3, 0.4) is 0 Å². The number of rotatable bonds is 3. The van der Waals surface area contributed by atoms with Gasteiger partial charge in [0.15, 0.2) is 0 Å². The summed E-state index contributed by atoms with van der Waals surface area (Å²) >= 11 is 0. The van der Waals surface area contributed by atoms with E-state index in [4.69, 9.17) is 0 Å².